The van der Waals surface area contributed by atoms with E-state index < -0.39 is 22.5 Å². The van der Waals surface area contributed by atoms with E-state index in [4.69, 9.17) is 9.47 Å². The standard InChI is InChI=1S/C29H28N2O5S/c1-21-8-7-9-24(18-21)31(37(33,34)28-19-22(2)12-17-27(28)35-3)20-29(32)30-23-13-15-26(16-14-23)36-25-10-5-4-6-11-25/h4-19H,20H2,1-3H3,(H,30,32). The van der Waals surface area contributed by atoms with Crippen LogP contribution >= 0.6 is 0 Å². The number of hydrogen-bond acceptors (Lipinski definition) is 5. The first kappa shape index (κ1) is 25.8. The van der Waals surface area contributed by atoms with E-state index in [0.29, 0.717) is 22.9 Å². The van der Waals surface area contributed by atoms with Crippen LogP contribution in [0.2, 0.25) is 0 Å². The smallest absolute Gasteiger partial charge is 0.268 e. The number of hydrogen-bond donors (Lipinski definition) is 1. The summed E-state index contributed by atoms with van der Waals surface area (Å²) in [7, 11) is -2.72. The van der Waals surface area contributed by atoms with Crippen molar-refractivity contribution in [3.63, 3.8) is 0 Å². The summed E-state index contributed by atoms with van der Waals surface area (Å²) in [4.78, 5) is 13.1. The molecule has 190 valence electrons. The Bertz CT molecular complexity index is 1490. The lowest BCUT2D eigenvalue weighted by atomic mass is 10.2. The number of carbonyl (C=O) groups is 1. The van der Waals surface area contributed by atoms with Gasteiger partial charge in [-0.3, -0.25) is 9.10 Å². The summed E-state index contributed by atoms with van der Waals surface area (Å²) in [6.45, 7) is 3.24. The van der Waals surface area contributed by atoms with E-state index in [-0.39, 0.29) is 10.6 Å². The molecule has 0 aliphatic heterocycles. The van der Waals surface area contributed by atoms with Crippen LogP contribution < -0.4 is 19.1 Å². The zero-order valence-corrected chi connectivity index (χ0v) is 21.7. The Balaban J connectivity index is 1.58. The summed E-state index contributed by atoms with van der Waals surface area (Å²) in [5.41, 5.74) is 2.51. The normalized spacial score (nSPS) is 11.0. The number of nitrogens with zero attached hydrogens (tertiary/aromatic N) is 1. The molecule has 0 aliphatic rings. The monoisotopic (exact) mass is 516 g/mol. The Morgan fingerprint density at radius 3 is 2.16 bits per heavy atom. The number of ether oxygens (including phenoxy) is 2. The van der Waals surface area contributed by atoms with E-state index in [1.165, 1.54) is 7.11 Å². The average Bonchev–Trinajstić information content (AvgIpc) is 2.89. The molecule has 0 saturated carbocycles. The summed E-state index contributed by atoms with van der Waals surface area (Å²) in [5.74, 6) is 1.02. The van der Waals surface area contributed by atoms with Crippen molar-refractivity contribution >= 4 is 27.3 Å². The van der Waals surface area contributed by atoms with Crippen LogP contribution in [0.3, 0.4) is 0 Å². The fraction of sp³-hybridized carbons (Fsp3) is 0.138. The van der Waals surface area contributed by atoms with Crippen LogP contribution in [-0.2, 0) is 14.8 Å². The first-order valence-electron chi connectivity index (χ1n) is 11.6. The molecule has 4 aromatic carbocycles. The highest BCUT2D eigenvalue weighted by molar-refractivity contribution is 7.93. The van der Waals surface area contributed by atoms with Crippen LogP contribution in [0.25, 0.3) is 0 Å². The first-order chi connectivity index (χ1) is 17.8. The molecule has 0 unspecified atom stereocenters. The molecule has 0 radical (unpaired) electrons. The molecule has 0 atom stereocenters. The number of nitrogens with one attached hydrogen (secondary N) is 1. The molecule has 0 heterocycles. The van der Waals surface area contributed by atoms with Gasteiger partial charge in [0.1, 0.15) is 28.7 Å². The predicted molar refractivity (Wildman–Crippen MR) is 145 cm³/mol. The Labute approximate surface area is 217 Å². The molecular weight excluding hydrogens is 488 g/mol. The van der Waals surface area contributed by atoms with Crippen LogP contribution in [0.4, 0.5) is 11.4 Å². The number of aryl methyl sites for hydroxylation is 2. The number of anilines is 2. The fourth-order valence-corrected chi connectivity index (χ4v) is 5.42. The van der Waals surface area contributed by atoms with Crippen molar-refractivity contribution < 1.29 is 22.7 Å². The predicted octanol–water partition coefficient (Wildman–Crippen LogP) is 5.94. The Kier molecular flexibility index (Phi) is 7.79. The Hall–Kier alpha value is -4.30. The van der Waals surface area contributed by atoms with Gasteiger partial charge in [-0.05, 0) is 85.6 Å². The third-order valence-corrected chi connectivity index (χ3v) is 7.38. The van der Waals surface area contributed by atoms with Crippen molar-refractivity contribution in [1.29, 1.82) is 0 Å². The minimum absolute atomic E-state index is 0.00767. The quantitative estimate of drug-likeness (QED) is 0.298. The number of amides is 1. The number of carbonyl (C=O) groups excluding carboxylic acids is 1. The molecule has 0 aliphatic carbocycles. The first-order valence-corrected chi connectivity index (χ1v) is 13.1. The number of methoxy groups -OCH3 is 1. The summed E-state index contributed by atoms with van der Waals surface area (Å²) in [6.07, 6.45) is 0. The van der Waals surface area contributed by atoms with Gasteiger partial charge >= 0.3 is 0 Å². The number of rotatable bonds is 9. The summed E-state index contributed by atoms with van der Waals surface area (Å²) in [5, 5.41) is 2.78. The van der Waals surface area contributed by atoms with Gasteiger partial charge in [0.15, 0.2) is 0 Å². The van der Waals surface area contributed by atoms with Gasteiger partial charge in [0, 0.05) is 5.69 Å². The van der Waals surface area contributed by atoms with Crippen molar-refractivity contribution in [3.8, 4) is 17.2 Å². The van der Waals surface area contributed by atoms with Gasteiger partial charge < -0.3 is 14.8 Å². The van der Waals surface area contributed by atoms with E-state index in [1.807, 2.05) is 43.3 Å². The zero-order chi connectivity index (χ0) is 26.4. The van der Waals surface area contributed by atoms with E-state index in [0.717, 1.165) is 15.4 Å². The van der Waals surface area contributed by atoms with Crippen LogP contribution in [0, 0.1) is 13.8 Å². The van der Waals surface area contributed by atoms with Crippen molar-refractivity contribution in [2.24, 2.45) is 0 Å². The minimum Gasteiger partial charge on any atom is -0.495 e. The van der Waals surface area contributed by atoms with Gasteiger partial charge in [-0.15, -0.1) is 0 Å². The van der Waals surface area contributed by atoms with Gasteiger partial charge in [-0.2, -0.15) is 0 Å². The lowest BCUT2D eigenvalue weighted by Gasteiger charge is -2.25. The second kappa shape index (κ2) is 11.2. The molecule has 0 bridgehead atoms. The Morgan fingerprint density at radius 2 is 1.49 bits per heavy atom. The molecule has 0 spiro atoms. The van der Waals surface area contributed by atoms with Crippen molar-refractivity contribution in [1.82, 2.24) is 0 Å². The summed E-state index contributed by atoms with van der Waals surface area (Å²) >= 11 is 0. The third kappa shape index (κ3) is 6.29. The highest BCUT2D eigenvalue weighted by Gasteiger charge is 2.30. The molecule has 8 heteroatoms. The van der Waals surface area contributed by atoms with Gasteiger partial charge in [-0.25, -0.2) is 8.42 Å². The van der Waals surface area contributed by atoms with Crippen LogP contribution in [0.15, 0.2) is 102 Å². The molecule has 4 aromatic rings. The Morgan fingerprint density at radius 1 is 0.811 bits per heavy atom. The molecule has 0 fully saturated rings. The summed E-state index contributed by atoms with van der Waals surface area (Å²) in [6, 6.07) is 28.1. The fourth-order valence-electron chi connectivity index (χ4n) is 3.76. The summed E-state index contributed by atoms with van der Waals surface area (Å²) < 4.78 is 39.9. The van der Waals surface area contributed by atoms with Crippen molar-refractivity contribution in [3.05, 3.63) is 108 Å². The van der Waals surface area contributed by atoms with Crippen molar-refractivity contribution in [2.45, 2.75) is 18.7 Å². The topological polar surface area (TPSA) is 84.9 Å². The second-order valence-electron chi connectivity index (χ2n) is 8.49. The lowest BCUT2D eigenvalue weighted by Crippen LogP contribution is -2.38. The van der Waals surface area contributed by atoms with Crippen LogP contribution in [0.5, 0.6) is 17.2 Å². The number of benzene rings is 4. The van der Waals surface area contributed by atoms with Crippen LogP contribution in [-0.4, -0.2) is 28.0 Å². The maximum Gasteiger partial charge on any atom is 0.268 e. The van der Waals surface area contributed by atoms with Crippen LogP contribution in [0.1, 0.15) is 11.1 Å². The van der Waals surface area contributed by atoms with Crippen molar-refractivity contribution in [2.75, 3.05) is 23.3 Å². The minimum atomic E-state index is -4.14. The largest absolute Gasteiger partial charge is 0.495 e. The molecule has 37 heavy (non-hydrogen) atoms. The highest BCUT2D eigenvalue weighted by Crippen LogP contribution is 2.31. The van der Waals surface area contributed by atoms with E-state index in [9.17, 15) is 13.2 Å². The van der Waals surface area contributed by atoms with Gasteiger partial charge in [0.05, 0.1) is 12.8 Å². The molecule has 0 saturated heterocycles. The zero-order valence-electron chi connectivity index (χ0n) is 20.8. The second-order valence-corrected chi connectivity index (χ2v) is 10.3. The van der Waals surface area contributed by atoms with E-state index >= 15 is 0 Å². The SMILES string of the molecule is COc1ccc(C)cc1S(=O)(=O)N(CC(=O)Nc1ccc(Oc2ccccc2)cc1)c1cccc(C)c1. The third-order valence-electron chi connectivity index (χ3n) is 5.58. The molecule has 4 rings (SSSR count). The van der Waals surface area contributed by atoms with Gasteiger partial charge in [-0.1, -0.05) is 36.4 Å². The average molecular weight is 517 g/mol. The molecule has 1 amide bonds. The number of sulfonamides is 1. The molecule has 1 N–H and O–H groups in total. The maximum absolute atomic E-state index is 13.8. The van der Waals surface area contributed by atoms with E-state index in [2.05, 4.69) is 5.32 Å². The van der Waals surface area contributed by atoms with E-state index in [1.54, 1.807) is 67.6 Å². The molecule has 7 nitrogen and oxygen atoms in total. The van der Waals surface area contributed by atoms with Gasteiger partial charge in [0.25, 0.3) is 10.0 Å². The molecule has 0 aromatic heterocycles. The lowest BCUT2D eigenvalue weighted by molar-refractivity contribution is -0.114. The highest BCUT2D eigenvalue weighted by atomic mass is 32.2. The number of para-hydroxylation sites is 1. The maximum atomic E-state index is 13.8. The molecular formula is C29H28N2O5S. The van der Waals surface area contributed by atoms with Gasteiger partial charge in [0.2, 0.25) is 5.91 Å².